The number of thiazole rings is 1. The van der Waals surface area contributed by atoms with Crippen LogP contribution in [0.15, 0.2) is 6.20 Å². The first kappa shape index (κ1) is 16.0. The third-order valence-corrected chi connectivity index (χ3v) is 4.62. The zero-order chi connectivity index (χ0) is 15.6. The predicted molar refractivity (Wildman–Crippen MR) is 87.3 cm³/mol. The van der Waals surface area contributed by atoms with Gasteiger partial charge in [-0.1, -0.05) is 0 Å². The van der Waals surface area contributed by atoms with Crippen molar-refractivity contribution in [3.8, 4) is 0 Å². The average Bonchev–Trinajstić information content (AvgIpc) is 2.91. The first-order valence-corrected chi connectivity index (χ1v) is 7.99. The fourth-order valence-electron chi connectivity index (χ4n) is 2.49. The first-order valence-electron chi connectivity index (χ1n) is 7.17. The number of aromatic nitrogens is 3. The van der Waals surface area contributed by atoms with Crippen LogP contribution >= 0.6 is 11.3 Å². The summed E-state index contributed by atoms with van der Waals surface area (Å²) < 4.78 is 7.36. The Morgan fingerprint density at radius 1 is 1.29 bits per heavy atom. The van der Waals surface area contributed by atoms with E-state index in [1.54, 1.807) is 18.4 Å². The molecule has 0 amide bonds. The number of aryl methyl sites for hydroxylation is 3. The summed E-state index contributed by atoms with van der Waals surface area (Å²) in [5, 5.41) is 4.53. The van der Waals surface area contributed by atoms with Crippen LogP contribution in [0.5, 0.6) is 0 Å². The average molecular weight is 308 g/mol. The number of nitrogens with zero attached hydrogens (tertiary/aromatic N) is 3. The lowest BCUT2D eigenvalue weighted by molar-refractivity contribution is 0.190. The fourth-order valence-corrected chi connectivity index (χ4v) is 3.47. The van der Waals surface area contributed by atoms with Gasteiger partial charge in [0.1, 0.15) is 0 Å². The van der Waals surface area contributed by atoms with E-state index in [0.29, 0.717) is 6.61 Å². The van der Waals surface area contributed by atoms with Gasteiger partial charge in [0.25, 0.3) is 0 Å². The summed E-state index contributed by atoms with van der Waals surface area (Å²) in [4.78, 5) is 10.4. The number of rotatable bonds is 6. The van der Waals surface area contributed by atoms with Crippen LogP contribution in [-0.4, -0.2) is 34.3 Å². The van der Waals surface area contributed by atoms with Crippen LogP contribution in [-0.2, 0) is 4.74 Å². The van der Waals surface area contributed by atoms with Crippen molar-refractivity contribution in [1.29, 1.82) is 0 Å². The van der Waals surface area contributed by atoms with Crippen molar-refractivity contribution in [3.05, 3.63) is 27.5 Å². The number of imidazole rings is 1. The van der Waals surface area contributed by atoms with Gasteiger partial charge in [-0.2, -0.15) is 0 Å². The highest BCUT2D eigenvalue weighted by Crippen LogP contribution is 2.30. The topological polar surface area (TPSA) is 52.0 Å². The molecule has 21 heavy (non-hydrogen) atoms. The van der Waals surface area contributed by atoms with Gasteiger partial charge < -0.3 is 14.6 Å². The molecule has 0 spiro atoms. The molecule has 1 N–H and O–H groups in total. The Morgan fingerprint density at radius 3 is 2.57 bits per heavy atom. The summed E-state index contributed by atoms with van der Waals surface area (Å²) in [5.74, 6) is 0.884. The van der Waals surface area contributed by atoms with Crippen LogP contribution in [0.2, 0.25) is 0 Å². The van der Waals surface area contributed by atoms with Gasteiger partial charge in [-0.05, 0) is 34.6 Å². The SMILES string of the molecule is COCC(C)Nc1nc(C)cn1C(C)c1sc(C)nc1C. The van der Waals surface area contributed by atoms with E-state index in [4.69, 9.17) is 4.74 Å². The van der Waals surface area contributed by atoms with Gasteiger partial charge in [0.15, 0.2) is 0 Å². The van der Waals surface area contributed by atoms with Crippen molar-refractivity contribution in [1.82, 2.24) is 14.5 Å². The van der Waals surface area contributed by atoms with Gasteiger partial charge in [-0.25, -0.2) is 9.97 Å². The minimum Gasteiger partial charge on any atom is -0.383 e. The molecule has 0 saturated heterocycles. The highest BCUT2D eigenvalue weighted by molar-refractivity contribution is 7.11. The number of hydrogen-bond donors (Lipinski definition) is 1. The maximum absolute atomic E-state index is 5.18. The molecule has 0 aromatic carbocycles. The molecule has 0 aliphatic carbocycles. The molecule has 0 fully saturated rings. The molecule has 0 radical (unpaired) electrons. The van der Waals surface area contributed by atoms with E-state index in [-0.39, 0.29) is 12.1 Å². The first-order chi connectivity index (χ1) is 9.92. The van der Waals surface area contributed by atoms with Crippen LogP contribution in [0.4, 0.5) is 5.95 Å². The van der Waals surface area contributed by atoms with Crippen molar-refractivity contribution in [2.24, 2.45) is 0 Å². The number of nitrogens with one attached hydrogen (secondary N) is 1. The predicted octanol–water partition coefficient (Wildman–Crippen LogP) is 3.32. The third kappa shape index (κ3) is 3.63. The summed E-state index contributed by atoms with van der Waals surface area (Å²) in [6, 6.07) is 0.432. The summed E-state index contributed by atoms with van der Waals surface area (Å²) in [6.45, 7) is 11.1. The lowest BCUT2D eigenvalue weighted by Gasteiger charge is -2.19. The third-order valence-electron chi connectivity index (χ3n) is 3.38. The Bertz CT molecular complexity index is 605. The molecule has 116 valence electrons. The van der Waals surface area contributed by atoms with Gasteiger partial charge in [0.2, 0.25) is 5.95 Å². The number of anilines is 1. The number of ether oxygens (including phenoxy) is 1. The van der Waals surface area contributed by atoms with E-state index in [1.165, 1.54) is 4.88 Å². The lowest BCUT2D eigenvalue weighted by Crippen LogP contribution is -2.24. The number of methoxy groups -OCH3 is 1. The van der Waals surface area contributed by atoms with Gasteiger partial charge in [0, 0.05) is 19.3 Å². The van der Waals surface area contributed by atoms with E-state index in [0.717, 1.165) is 22.3 Å². The molecule has 0 saturated carbocycles. The van der Waals surface area contributed by atoms with Crippen molar-refractivity contribution < 1.29 is 4.74 Å². The summed E-state index contributed by atoms with van der Waals surface area (Å²) >= 11 is 1.75. The summed E-state index contributed by atoms with van der Waals surface area (Å²) in [5.41, 5.74) is 2.11. The second-order valence-electron chi connectivity index (χ2n) is 5.47. The second-order valence-corrected chi connectivity index (χ2v) is 6.71. The molecule has 2 aromatic rings. The van der Waals surface area contributed by atoms with Crippen LogP contribution in [0, 0.1) is 20.8 Å². The largest absolute Gasteiger partial charge is 0.383 e. The lowest BCUT2D eigenvalue weighted by atomic mass is 10.2. The van der Waals surface area contributed by atoms with Crippen molar-refractivity contribution in [2.45, 2.75) is 46.7 Å². The molecular formula is C15H24N4OS. The molecule has 2 aromatic heterocycles. The molecule has 2 rings (SSSR count). The normalized spacial score (nSPS) is 14.2. The van der Waals surface area contributed by atoms with Gasteiger partial charge >= 0.3 is 0 Å². The van der Waals surface area contributed by atoms with Gasteiger partial charge in [0.05, 0.1) is 33.9 Å². The highest BCUT2D eigenvalue weighted by atomic mass is 32.1. The van der Waals surface area contributed by atoms with E-state index in [2.05, 4.69) is 46.8 Å². The standard InChI is InChI=1S/C15H24N4OS/c1-9-7-19(15(16-9)17-10(2)8-20-6)12(4)14-11(3)18-13(5)21-14/h7,10,12H,8H2,1-6H3,(H,16,17). The molecule has 2 atom stereocenters. The fraction of sp³-hybridized carbons (Fsp3) is 0.600. The molecule has 5 nitrogen and oxygen atoms in total. The zero-order valence-electron chi connectivity index (χ0n) is 13.6. The van der Waals surface area contributed by atoms with Gasteiger partial charge in [-0.15, -0.1) is 11.3 Å². The second kappa shape index (κ2) is 6.58. The Hall–Kier alpha value is -1.40. The molecule has 0 aliphatic heterocycles. The van der Waals surface area contributed by atoms with Crippen LogP contribution in [0.1, 0.15) is 41.2 Å². The Balaban J connectivity index is 2.28. The summed E-state index contributed by atoms with van der Waals surface area (Å²) in [6.07, 6.45) is 2.08. The zero-order valence-corrected chi connectivity index (χ0v) is 14.4. The molecule has 2 heterocycles. The summed E-state index contributed by atoms with van der Waals surface area (Å²) in [7, 11) is 1.71. The Kier molecular flexibility index (Phi) is 5.00. The monoisotopic (exact) mass is 308 g/mol. The quantitative estimate of drug-likeness (QED) is 0.889. The van der Waals surface area contributed by atoms with Crippen molar-refractivity contribution in [3.63, 3.8) is 0 Å². The van der Waals surface area contributed by atoms with Crippen molar-refractivity contribution in [2.75, 3.05) is 19.0 Å². The van der Waals surface area contributed by atoms with E-state index in [9.17, 15) is 0 Å². The van der Waals surface area contributed by atoms with E-state index >= 15 is 0 Å². The highest BCUT2D eigenvalue weighted by Gasteiger charge is 2.19. The van der Waals surface area contributed by atoms with Crippen molar-refractivity contribution >= 4 is 17.3 Å². The maximum atomic E-state index is 5.18. The minimum absolute atomic E-state index is 0.215. The van der Waals surface area contributed by atoms with Crippen LogP contribution in [0.25, 0.3) is 0 Å². The van der Waals surface area contributed by atoms with Crippen LogP contribution in [0.3, 0.4) is 0 Å². The van der Waals surface area contributed by atoms with Gasteiger partial charge in [-0.3, -0.25) is 0 Å². The molecule has 0 aliphatic rings. The maximum Gasteiger partial charge on any atom is 0.203 e. The molecule has 2 unspecified atom stereocenters. The minimum atomic E-state index is 0.215. The Morgan fingerprint density at radius 2 is 2.00 bits per heavy atom. The van der Waals surface area contributed by atoms with E-state index in [1.807, 2.05) is 13.8 Å². The molecule has 0 bridgehead atoms. The smallest absolute Gasteiger partial charge is 0.203 e. The molecule has 6 heteroatoms. The van der Waals surface area contributed by atoms with E-state index < -0.39 is 0 Å². The van der Waals surface area contributed by atoms with Crippen LogP contribution < -0.4 is 5.32 Å². The molecular weight excluding hydrogens is 284 g/mol. The Labute approximate surface area is 130 Å². The number of hydrogen-bond acceptors (Lipinski definition) is 5.